The van der Waals surface area contributed by atoms with Crippen LogP contribution in [0.5, 0.6) is 0 Å². The van der Waals surface area contributed by atoms with Crippen LogP contribution in [0.1, 0.15) is 38.2 Å². The minimum atomic E-state index is 0.660. The Bertz CT molecular complexity index is 325. The minimum absolute atomic E-state index is 0.660. The van der Waals surface area contributed by atoms with Gasteiger partial charge in [0.1, 0.15) is 12.8 Å². The van der Waals surface area contributed by atoms with Crippen LogP contribution in [0.4, 0.5) is 0 Å². The molecule has 0 heterocycles. The summed E-state index contributed by atoms with van der Waals surface area (Å²) in [7, 11) is 0. The van der Waals surface area contributed by atoms with Gasteiger partial charge in [-0.2, -0.15) is 0 Å². The van der Waals surface area contributed by atoms with Crippen molar-refractivity contribution in [3.8, 4) is 0 Å². The summed E-state index contributed by atoms with van der Waals surface area (Å²) in [6, 6.07) is 7.36. The largest absolute Gasteiger partial charge is 0.395 e. The standard InChI is InChI=1S/C13H17ClNO/c1-2-3-4-5-9-16-15-11-12-7-6-8-13(14)10-12/h6-8,10H,2-5,9H2,1H3. The highest BCUT2D eigenvalue weighted by Gasteiger charge is 1.91. The molecule has 16 heavy (non-hydrogen) atoms. The second kappa shape index (κ2) is 8.17. The molecule has 0 aromatic heterocycles. The van der Waals surface area contributed by atoms with Gasteiger partial charge in [-0.05, 0) is 25.0 Å². The summed E-state index contributed by atoms with van der Waals surface area (Å²) in [6.07, 6.45) is 7.53. The Hall–Kier alpha value is -1.02. The zero-order valence-corrected chi connectivity index (χ0v) is 10.3. The molecule has 0 bridgehead atoms. The second-order valence-corrected chi connectivity index (χ2v) is 4.04. The maximum absolute atomic E-state index is 5.82. The third kappa shape index (κ3) is 5.76. The molecule has 87 valence electrons. The third-order valence-electron chi connectivity index (χ3n) is 2.15. The molecule has 0 N–H and O–H groups in total. The van der Waals surface area contributed by atoms with Crippen molar-refractivity contribution in [2.75, 3.05) is 6.61 Å². The fourth-order valence-electron chi connectivity index (χ4n) is 1.28. The van der Waals surface area contributed by atoms with Crippen molar-refractivity contribution in [3.05, 3.63) is 34.9 Å². The summed E-state index contributed by atoms with van der Waals surface area (Å²) in [5.74, 6) is 0. The lowest BCUT2D eigenvalue weighted by atomic mass is 10.2. The van der Waals surface area contributed by atoms with E-state index in [-0.39, 0.29) is 0 Å². The molecule has 0 aliphatic heterocycles. The number of benzene rings is 1. The first-order valence-electron chi connectivity index (χ1n) is 5.66. The van der Waals surface area contributed by atoms with Crippen LogP contribution < -0.4 is 0 Å². The number of halogens is 1. The summed E-state index contributed by atoms with van der Waals surface area (Å²) in [4.78, 5) is 5.09. The lowest BCUT2D eigenvalue weighted by Crippen LogP contribution is -1.89. The SMILES string of the molecule is CCCCCCO/N=[C]/c1cccc(Cl)c1. The van der Waals surface area contributed by atoms with Crippen LogP contribution in [-0.2, 0) is 4.84 Å². The van der Waals surface area contributed by atoms with E-state index >= 15 is 0 Å². The average molecular weight is 239 g/mol. The van der Waals surface area contributed by atoms with E-state index in [1.807, 2.05) is 18.2 Å². The van der Waals surface area contributed by atoms with Crippen molar-refractivity contribution in [2.24, 2.45) is 5.16 Å². The Morgan fingerprint density at radius 3 is 2.94 bits per heavy atom. The van der Waals surface area contributed by atoms with Crippen LogP contribution >= 0.6 is 11.6 Å². The molecule has 1 aromatic rings. The molecule has 0 aliphatic rings. The monoisotopic (exact) mass is 238 g/mol. The Morgan fingerprint density at radius 1 is 1.31 bits per heavy atom. The van der Waals surface area contributed by atoms with Gasteiger partial charge in [-0.25, -0.2) is 0 Å². The Kier molecular flexibility index (Phi) is 6.66. The molecule has 0 aliphatic carbocycles. The van der Waals surface area contributed by atoms with Gasteiger partial charge in [-0.15, -0.1) is 0 Å². The molecule has 1 rings (SSSR count). The number of hydrogen-bond donors (Lipinski definition) is 0. The summed E-state index contributed by atoms with van der Waals surface area (Å²) in [5, 5.41) is 4.46. The van der Waals surface area contributed by atoms with E-state index in [4.69, 9.17) is 16.4 Å². The number of hydrogen-bond acceptors (Lipinski definition) is 2. The van der Waals surface area contributed by atoms with Crippen molar-refractivity contribution < 1.29 is 4.84 Å². The highest BCUT2D eigenvalue weighted by molar-refractivity contribution is 6.30. The Labute approximate surface area is 102 Å². The first-order chi connectivity index (χ1) is 7.83. The molecular formula is C13H17ClNO. The molecule has 0 fully saturated rings. The van der Waals surface area contributed by atoms with Crippen molar-refractivity contribution in [3.63, 3.8) is 0 Å². The van der Waals surface area contributed by atoms with Crippen LogP contribution in [0.15, 0.2) is 29.4 Å². The number of unbranched alkanes of at least 4 members (excludes halogenated alkanes) is 3. The molecule has 0 saturated carbocycles. The van der Waals surface area contributed by atoms with E-state index in [1.54, 1.807) is 6.07 Å². The van der Waals surface area contributed by atoms with E-state index in [1.165, 1.54) is 19.3 Å². The second-order valence-electron chi connectivity index (χ2n) is 3.61. The quantitative estimate of drug-likeness (QED) is 0.397. The maximum Gasteiger partial charge on any atom is 0.139 e. The first kappa shape index (κ1) is 13.0. The molecule has 1 aromatic carbocycles. The molecule has 0 atom stereocenters. The smallest absolute Gasteiger partial charge is 0.139 e. The molecule has 0 saturated heterocycles. The summed E-state index contributed by atoms with van der Waals surface area (Å²) in [5.41, 5.74) is 0.834. The van der Waals surface area contributed by atoms with Gasteiger partial charge in [0, 0.05) is 10.6 Å². The van der Waals surface area contributed by atoms with E-state index in [2.05, 4.69) is 18.3 Å². The topological polar surface area (TPSA) is 21.6 Å². The number of nitrogens with zero attached hydrogens (tertiary/aromatic N) is 1. The predicted octanol–water partition coefficient (Wildman–Crippen LogP) is 4.15. The molecular weight excluding hydrogens is 222 g/mol. The van der Waals surface area contributed by atoms with Crippen molar-refractivity contribution >= 4 is 17.8 Å². The van der Waals surface area contributed by atoms with Crippen molar-refractivity contribution in [1.29, 1.82) is 0 Å². The maximum atomic E-state index is 5.82. The third-order valence-corrected chi connectivity index (χ3v) is 2.39. The lowest BCUT2D eigenvalue weighted by molar-refractivity contribution is 0.141. The normalized spacial score (nSPS) is 10.9. The van der Waals surface area contributed by atoms with Crippen molar-refractivity contribution in [2.45, 2.75) is 32.6 Å². The van der Waals surface area contributed by atoms with Gasteiger partial charge < -0.3 is 4.84 Å². The first-order valence-corrected chi connectivity index (χ1v) is 6.04. The number of rotatable bonds is 7. The van der Waals surface area contributed by atoms with Crippen molar-refractivity contribution in [1.82, 2.24) is 0 Å². The molecule has 2 nitrogen and oxygen atoms in total. The highest BCUT2D eigenvalue weighted by Crippen LogP contribution is 2.08. The van der Waals surface area contributed by atoms with E-state index in [9.17, 15) is 0 Å². The van der Waals surface area contributed by atoms with Crippen LogP contribution in [-0.4, -0.2) is 12.8 Å². The van der Waals surface area contributed by atoms with Crippen LogP contribution in [0.2, 0.25) is 5.02 Å². The van der Waals surface area contributed by atoms with E-state index < -0.39 is 0 Å². The fraction of sp³-hybridized carbons (Fsp3) is 0.462. The molecule has 0 unspecified atom stereocenters. The zero-order valence-electron chi connectivity index (χ0n) is 9.58. The van der Waals surface area contributed by atoms with E-state index in [0.717, 1.165) is 12.0 Å². The van der Waals surface area contributed by atoms with Crippen LogP contribution in [0.3, 0.4) is 0 Å². The Balaban J connectivity index is 2.17. The van der Waals surface area contributed by atoms with Gasteiger partial charge in [0.25, 0.3) is 0 Å². The van der Waals surface area contributed by atoms with Gasteiger partial charge in [-0.1, -0.05) is 48.7 Å². The van der Waals surface area contributed by atoms with Gasteiger partial charge in [-0.3, -0.25) is 0 Å². The average Bonchev–Trinajstić information content (AvgIpc) is 2.28. The molecule has 1 radical (unpaired) electrons. The molecule has 0 amide bonds. The minimum Gasteiger partial charge on any atom is -0.395 e. The van der Waals surface area contributed by atoms with Gasteiger partial charge in [0.2, 0.25) is 0 Å². The summed E-state index contributed by atoms with van der Waals surface area (Å²) in [6.45, 7) is 2.85. The van der Waals surface area contributed by atoms with Crippen LogP contribution in [0.25, 0.3) is 0 Å². The highest BCUT2D eigenvalue weighted by atomic mass is 35.5. The molecule has 3 heteroatoms. The van der Waals surface area contributed by atoms with Gasteiger partial charge in [0.15, 0.2) is 0 Å². The zero-order chi connectivity index (χ0) is 11.6. The predicted molar refractivity (Wildman–Crippen MR) is 68.1 cm³/mol. The van der Waals surface area contributed by atoms with Gasteiger partial charge >= 0.3 is 0 Å². The lowest BCUT2D eigenvalue weighted by Gasteiger charge is -1.98. The fourth-order valence-corrected chi connectivity index (χ4v) is 1.47. The van der Waals surface area contributed by atoms with Gasteiger partial charge in [0.05, 0.1) is 0 Å². The summed E-state index contributed by atoms with van der Waals surface area (Å²) < 4.78 is 0. The molecule has 0 spiro atoms. The van der Waals surface area contributed by atoms with Crippen LogP contribution in [0, 0.1) is 0 Å². The van der Waals surface area contributed by atoms with E-state index in [0.29, 0.717) is 11.6 Å². The summed E-state index contributed by atoms with van der Waals surface area (Å²) >= 11 is 5.82. The Morgan fingerprint density at radius 2 is 2.19 bits per heavy atom.